The number of halogens is 2. The molecule has 7 nitrogen and oxygen atoms in total. The fourth-order valence-electron chi connectivity index (χ4n) is 4.71. The zero-order chi connectivity index (χ0) is 31.7. The molecular weight excluding hydrogens is 601 g/mol. The lowest BCUT2D eigenvalue weighted by molar-refractivity contribution is -0.140. The van der Waals surface area contributed by atoms with Gasteiger partial charge in [0.15, 0.2) is 0 Å². The Hall–Kier alpha value is -4.21. The van der Waals surface area contributed by atoms with Crippen molar-refractivity contribution >= 4 is 39.1 Å². The van der Waals surface area contributed by atoms with Crippen LogP contribution in [0.4, 0.5) is 10.1 Å². The molecule has 0 spiro atoms. The highest BCUT2D eigenvalue weighted by molar-refractivity contribution is 7.92. The smallest absolute Gasteiger partial charge is 0.264 e. The first kappa shape index (κ1) is 32.7. The Morgan fingerprint density at radius 1 is 0.864 bits per heavy atom. The number of carbonyl (C=O) groups excluding carboxylic acids is 2. The molecule has 0 aliphatic carbocycles. The van der Waals surface area contributed by atoms with Gasteiger partial charge in [-0.2, -0.15) is 0 Å². The average molecular weight is 636 g/mol. The van der Waals surface area contributed by atoms with E-state index < -0.39 is 34.3 Å². The normalized spacial score (nSPS) is 12.6. The molecule has 10 heteroatoms. The lowest BCUT2D eigenvalue weighted by Crippen LogP contribution is -2.54. The molecule has 4 aromatic rings. The lowest BCUT2D eigenvalue weighted by Gasteiger charge is -2.34. The van der Waals surface area contributed by atoms with Crippen molar-refractivity contribution in [3.05, 3.63) is 131 Å². The van der Waals surface area contributed by atoms with E-state index >= 15 is 4.39 Å². The summed E-state index contributed by atoms with van der Waals surface area (Å²) in [6.07, 6.45) is 0.836. The molecule has 4 rings (SSSR count). The summed E-state index contributed by atoms with van der Waals surface area (Å²) in [6.45, 7) is 3.02. The Morgan fingerprint density at radius 2 is 1.48 bits per heavy atom. The van der Waals surface area contributed by atoms with Crippen LogP contribution in [0.3, 0.4) is 0 Å². The highest BCUT2D eigenvalue weighted by Gasteiger charge is 2.35. The van der Waals surface area contributed by atoms with Gasteiger partial charge in [-0.05, 0) is 60.9 Å². The first-order valence-corrected chi connectivity index (χ1v) is 16.1. The molecule has 0 radical (unpaired) electrons. The number of nitrogens with one attached hydrogen (secondary N) is 1. The maximum atomic E-state index is 15.2. The number of amides is 2. The third kappa shape index (κ3) is 8.24. The van der Waals surface area contributed by atoms with Gasteiger partial charge in [-0.3, -0.25) is 13.9 Å². The average Bonchev–Trinajstić information content (AvgIpc) is 3.02. The molecule has 0 bridgehead atoms. The summed E-state index contributed by atoms with van der Waals surface area (Å²) in [4.78, 5) is 29.5. The fraction of sp³-hybridized carbons (Fsp3) is 0.235. The third-order valence-corrected chi connectivity index (χ3v) is 9.25. The molecule has 0 aliphatic rings. The van der Waals surface area contributed by atoms with Crippen LogP contribution in [0, 0.1) is 5.82 Å². The Bertz CT molecular complexity index is 1670. The molecule has 1 N–H and O–H groups in total. The number of anilines is 1. The highest BCUT2D eigenvalue weighted by atomic mass is 35.5. The van der Waals surface area contributed by atoms with Crippen LogP contribution in [0.5, 0.6) is 0 Å². The molecule has 0 heterocycles. The van der Waals surface area contributed by atoms with E-state index in [1.807, 2.05) is 44.2 Å². The second-order valence-corrected chi connectivity index (χ2v) is 12.7. The first-order valence-electron chi connectivity index (χ1n) is 14.3. The summed E-state index contributed by atoms with van der Waals surface area (Å²) in [5.41, 5.74) is 1.17. The largest absolute Gasteiger partial charge is 0.352 e. The second-order valence-electron chi connectivity index (χ2n) is 10.5. The molecule has 2 amide bonds. The molecule has 44 heavy (non-hydrogen) atoms. The molecule has 0 saturated carbocycles. The monoisotopic (exact) mass is 635 g/mol. The van der Waals surface area contributed by atoms with Gasteiger partial charge in [0, 0.05) is 24.0 Å². The molecule has 0 aliphatic heterocycles. The highest BCUT2D eigenvalue weighted by Crippen LogP contribution is 2.27. The molecule has 2 atom stereocenters. The van der Waals surface area contributed by atoms with Crippen LogP contribution in [-0.4, -0.2) is 43.8 Å². The summed E-state index contributed by atoms with van der Waals surface area (Å²) >= 11 is 6.26. The maximum Gasteiger partial charge on any atom is 0.264 e. The van der Waals surface area contributed by atoms with Crippen molar-refractivity contribution in [3.8, 4) is 0 Å². The first-order chi connectivity index (χ1) is 21.1. The molecule has 230 valence electrons. The van der Waals surface area contributed by atoms with Gasteiger partial charge in [-0.25, -0.2) is 12.8 Å². The van der Waals surface area contributed by atoms with Crippen LogP contribution in [0.2, 0.25) is 5.02 Å². The third-order valence-electron chi connectivity index (χ3n) is 7.25. The minimum absolute atomic E-state index is 0.0404. The Labute approximate surface area is 263 Å². The SMILES string of the molecule is CC[C@@H](C)NC(=O)[C@H](Cc1ccccc1)N(Cc1cccc(Cl)c1)C(=O)CN(c1ccccc1F)S(=O)(=O)c1ccccc1. The summed E-state index contributed by atoms with van der Waals surface area (Å²) in [5, 5.41) is 3.42. The van der Waals surface area contributed by atoms with Crippen molar-refractivity contribution in [3.63, 3.8) is 0 Å². The second kappa shape index (κ2) is 15.0. The van der Waals surface area contributed by atoms with E-state index in [-0.39, 0.29) is 35.5 Å². The minimum Gasteiger partial charge on any atom is -0.352 e. The van der Waals surface area contributed by atoms with Crippen molar-refractivity contribution in [2.24, 2.45) is 0 Å². The number of hydrogen-bond donors (Lipinski definition) is 1. The van der Waals surface area contributed by atoms with E-state index in [4.69, 9.17) is 11.6 Å². The van der Waals surface area contributed by atoms with Crippen LogP contribution < -0.4 is 9.62 Å². The van der Waals surface area contributed by atoms with Crippen molar-refractivity contribution in [1.82, 2.24) is 10.2 Å². The molecule has 0 aromatic heterocycles. The van der Waals surface area contributed by atoms with Gasteiger partial charge in [-0.1, -0.05) is 91.3 Å². The molecule has 0 unspecified atom stereocenters. The van der Waals surface area contributed by atoms with E-state index in [1.54, 1.807) is 42.5 Å². The Morgan fingerprint density at radius 3 is 2.11 bits per heavy atom. The summed E-state index contributed by atoms with van der Waals surface area (Å²) < 4.78 is 43.8. The van der Waals surface area contributed by atoms with E-state index in [0.717, 1.165) is 15.9 Å². The van der Waals surface area contributed by atoms with Crippen molar-refractivity contribution in [2.45, 2.75) is 50.2 Å². The lowest BCUT2D eigenvalue weighted by atomic mass is 10.0. The van der Waals surface area contributed by atoms with E-state index in [9.17, 15) is 18.0 Å². The van der Waals surface area contributed by atoms with E-state index in [2.05, 4.69) is 5.32 Å². The van der Waals surface area contributed by atoms with Crippen molar-refractivity contribution in [2.75, 3.05) is 10.8 Å². The van der Waals surface area contributed by atoms with Crippen molar-refractivity contribution in [1.29, 1.82) is 0 Å². The number of para-hydroxylation sites is 1. The van der Waals surface area contributed by atoms with Gasteiger partial charge in [0.05, 0.1) is 10.6 Å². The van der Waals surface area contributed by atoms with Crippen LogP contribution in [0.15, 0.2) is 114 Å². The topological polar surface area (TPSA) is 86.8 Å². The predicted molar refractivity (Wildman–Crippen MR) is 171 cm³/mol. The van der Waals surface area contributed by atoms with Crippen LogP contribution in [0.25, 0.3) is 0 Å². The predicted octanol–water partition coefficient (Wildman–Crippen LogP) is 6.23. The van der Waals surface area contributed by atoms with Gasteiger partial charge in [-0.15, -0.1) is 0 Å². The number of carbonyl (C=O) groups is 2. The zero-order valence-electron chi connectivity index (χ0n) is 24.6. The van der Waals surface area contributed by atoms with Crippen LogP contribution in [-0.2, 0) is 32.6 Å². The summed E-state index contributed by atoms with van der Waals surface area (Å²) in [7, 11) is -4.39. The maximum absolute atomic E-state index is 15.2. The number of benzene rings is 4. The van der Waals surface area contributed by atoms with Gasteiger partial charge in [0.2, 0.25) is 11.8 Å². The van der Waals surface area contributed by atoms with Gasteiger partial charge in [0.25, 0.3) is 10.0 Å². The summed E-state index contributed by atoms with van der Waals surface area (Å²) in [6, 6.07) is 27.9. The van der Waals surface area contributed by atoms with Gasteiger partial charge >= 0.3 is 0 Å². The fourth-order valence-corrected chi connectivity index (χ4v) is 6.37. The van der Waals surface area contributed by atoms with Gasteiger partial charge < -0.3 is 10.2 Å². The Balaban J connectivity index is 1.81. The van der Waals surface area contributed by atoms with Crippen molar-refractivity contribution < 1.29 is 22.4 Å². The van der Waals surface area contributed by atoms with Crippen LogP contribution in [0.1, 0.15) is 31.4 Å². The number of sulfonamides is 1. The number of rotatable bonds is 13. The number of nitrogens with zero attached hydrogens (tertiary/aromatic N) is 2. The molecule has 0 fully saturated rings. The minimum atomic E-state index is -4.39. The van der Waals surface area contributed by atoms with Crippen LogP contribution >= 0.6 is 11.6 Å². The molecular formula is C34H35ClFN3O4S. The van der Waals surface area contributed by atoms with Gasteiger partial charge in [0.1, 0.15) is 18.4 Å². The standard InChI is InChI=1S/C34H35ClFN3O4S/c1-3-25(2)37-34(41)32(22-26-13-6-4-7-14-26)38(23-27-15-12-16-28(35)21-27)33(40)24-39(31-20-11-10-19-30(31)36)44(42,43)29-17-8-5-9-18-29/h4-21,25,32H,3,22-24H2,1-2H3,(H,37,41)/t25-,32+/m1/s1. The molecule has 4 aromatic carbocycles. The van der Waals surface area contributed by atoms with E-state index in [1.165, 1.54) is 35.2 Å². The van der Waals surface area contributed by atoms with E-state index in [0.29, 0.717) is 17.0 Å². The quantitative estimate of drug-likeness (QED) is 0.189. The molecule has 0 saturated heterocycles. The number of hydrogen-bond acceptors (Lipinski definition) is 4. The Kier molecular flexibility index (Phi) is 11.1. The zero-order valence-corrected chi connectivity index (χ0v) is 26.1. The summed E-state index contributed by atoms with van der Waals surface area (Å²) in [5.74, 6) is -1.88.